The average Bonchev–Trinajstić information content (AvgIpc) is 3.20. The Morgan fingerprint density at radius 1 is 1.26 bits per heavy atom. The Morgan fingerprint density at radius 3 is 2.69 bits per heavy atom. The average molecular weight is 552 g/mol. The van der Waals surface area contributed by atoms with E-state index in [1.54, 1.807) is 6.20 Å². The summed E-state index contributed by atoms with van der Waals surface area (Å²) in [5.74, 6) is 0.363. The molecule has 0 spiro atoms. The lowest BCUT2D eigenvalue weighted by molar-refractivity contribution is -0.0760. The number of hydrogen-bond donors (Lipinski definition) is 2. The SMILES string of the molecule is CCOC1CN(C2CCC([C@@H](C)n3c(C)c(C(=O)NCc4c(SC)cc(C)[nH]c4=O)c4cccnc43)CC2)C1. The summed E-state index contributed by atoms with van der Waals surface area (Å²) in [6.45, 7) is 11.3. The molecule has 1 aliphatic carbocycles. The first kappa shape index (κ1) is 27.9. The molecule has 2 fully saturated rings. The highest BCUT2D eigenvalue weighted by Crippen LogP contribution is 2.39. The van der Waals surface area contributed by atoms with Crippen molar-refractivity contribution in [3.05, 3.63) is 57.3 Å². The molecule has 1 saturated heterocycles. The molecule has 9 heteroatoms. The van der Waals surface area contributed by atoms with Gasteiger partial charge in [0.25, 0.3) is 11.5 Å². The van der Waals surface area contributed by atoms with Crippen LogP contribution in [-0.4, -0.2) is 63.4 Å². The summed E-state index contributed by atoms with van der Waals surface area (Å²) in [4.78, 5) is 37.2. The van der Waals surface area contributed by atoms with Crippen molar-refractivity contribution in [2.45, 2.75) is 83.0 Å². The summed E-state index contributed by atoms with van der Waals surface area (Å²) in [5, 5.41) is 3.89. The Balaban J connectivity index is 1.32. The summed E-state index contributed by atoms with van der Waals surface area (Å²) < 4.78 is 8.03. The zero-order chi connectivity index (χ0) is 27.7. The van der Waals surface area contributed by atoms with Gasteiger partial charge < -0.3 is 19.6 Å². The number of H-pyrrole nitrogens is 1. The molecule has 0 radical (unpaired) electrons. The van der Waals surface area contributed by atoms with E-state index in [9.17, 15) is 9.59 Å². The van der Waals surface area contributed by atoms with Crippen molar-refractivity contribution in [2.24, 2.45) is 5.92 Å². The summed E-state index contributed by atoms with van der Waals surface area (Å²) in [5.41, 5.74) is 3.68. The largest absolute Gasteiger partial charge is 0.376 e. The van der Waals surface area contributed by atoms with E-state index in [0.717, 1.165) is 47.0 Å². The Kier molecular flexibility index (Phi) is 8.49. The molecular formula is C30H41N5O3S. The number of fused-ring (bicyclic) bond motifs is 1. The lowest BCUT2D eigenvalue weighted by Gasteiger charge is -2.46. The second kappa shape index (κ2) is 11.9. The highest BCUT2D eigenvalue weighted by atomic mass is 32.2. The predicted octanol–water partition coefficient (Wildman–Crippen LogP) is 4.83. The number of rotatable bonds is 9. The van der Waals surface area contributed by atoms with Gasteiger partial charge in [-0.2, -0.15) is 0 Å². The minimum Gasteiger partial charge on any atom is -0.376 e. The van der Waals surface area contributed by atoms with Crippen LogP contribution in [0.1, 0.15) is 72.9 Å². The molecule has 210 valence electrons. The minimum atomic E-state index is -0.172. The van der Waals surface area contributed by atoms with Gasteiger partial charge in [0.1, 0.15) is 5.65 Å². The molecule has 0 bridgehead atoms. The quantitative estimate of drug-likeness (QED) is 0.370. The molecule has 5 rings (SSSR count). The second-order valence-electron chi connectivity index (χ2n) is 11.1. The zero-order valence-electron chi connectivity index (χ0n) is 23.8. The number of aryl methyl sites for hydroxylation is 1. The predicted molar refractivity (Wildman–Crippen MR) is 157 cm³/mol. The van der Waals surface area contributed by atoms with Crippen LogP contribution in [0, 0.1) is 19.8 Å². The molecule has 0 aromatic carbocycles. The smallest absolute Gasteiger partial charge is 0.254 e. The molecule has 2 N–H and O–H groups in total. The fraction of sp³-hybridized carbons (Fsp3) is 0.567. The number of nitrogens with one attached hydrogen (secondary N) is 2. The number of likely N-dealkylation sites (tertiary alicyclic amines) is 1. The zero-order valence-corrected chi connectivity index (χ0v) is 24.6. The summed E-state index contributed by atoms with van der Waals surface area (Å²) in [7, 11) is 0. The molecule has 0 unspecified atom stereocenters. The third kappa shape index (κ3) is 5.54. The van der Waals surface area contributed by atoms with Crippen molar-refractivity contribution in [1.82, 2.24) is 24.8 Å². The Labute approximate surface area is 234 Å². The number of aromatic amines is 1. The number of ether oxygens (including phenoxy) is 1. The standard InChI is InChI=1S/C30H41N5O3S/c1-6-38-23-16-34(17-23)22-11-9-21(10-12-22)19(3)35-20(4)27(24-8-7-13-31-28(24)35)30(37)32-15-25-26(39-5)14-18(2)33-29(25)36/h7-8,13-14,19,21-23H,6,9-12,15-17H2,1-5H3,(H,32,37)(H,33,36)/t19-,21?,22?/m1/s1. The second-order valence-corrected chi connectivity index (χ2v) is 11.9. The van der Waals surface area contributed by atoms with E-state index in [-0.39, 0.29) is 24.1 Å². The van der Waals surface area contributed by atoms with Crippen molar-refractivity contribution < 1.29 is 9.53 Å². The molecule has 3 aromatic heterocycles. The van der Waals surface area contributed by atoms with Crippen LogP contribution in [0.15, 0.2) is 34.1 Å². The number of carbonyl (C=O) groups excluding carboxylic acids is 1. The first-order valence-corrected chi connectivity index (χ1v) is 15.4. The van der Waals surface area contributed by atoms with E-state index in [4.69, 9.17) is 9.72 Å². The Hall–Kier alpha value is -2.62. The maximum atomic E-state index is 13.6. The number of thioether (sulfide) groups is 1. The molecule has 3 aromatic rings. The van der Waals surface area contributed by atoms with Gasteiger partial charge in [-0.05, 0) is 83.8 Å². The molecule has 1 aliphatic heterocycles. The van der Waals surface area contributed by atoms with Crippen LogP contribution in [0.2, 0.25) is 0 Å². The summed E-state index contributed by atoms with van der Waals surface area (Å²) in [6.07, 6.45) is 8.90. The molecule has 8 nitrogen and oxygen atoms in total. The van der Waals surface area contributed by atoms with Crippen molar-refractivity contribution in [3.8, 4) is 0 Å². The number of pyridine rings is 2. The van der Waals surface area contributed by atoms with Gasteiger partial charge in [-0.25, -0.2) is 4.98 Å². The number of nitrogens with zero attached hydrogens (tertiary/aromatic N) is 3. The molecule has 4 heterocycles. The first-order chi connectivity index (χ1) is 18.8. The van der Waals surface area contributed by atoms with E-state index < -0.39 is 0 Å². The lowest BCUT2D eigenvalue weighted by Crippen LogP contribution is -2.57. The number of carbonyl (C=O) groups is 1. The summed E-state index contributed by atoms with van der Waals surface area (Å²) in [6, 6.07) is 6.71. The molecule has 1 saturated carbocycles. The molecule has 2 aliphatic rings. The van der Waals surface area contributed by atoms with E-state index in [1.165, 1.54) is 37.4 Å². The molecule has 1 atom stereocenters. The first-order valence-electron chi connectivity index (χ1n) is 14.2. The van der Waals surface area contributed by atoms with Crippen molar-refractivity contribution >= 4 is 28.7 Å². The number of amides is 1. The van der Waals surface area contributed by atoms with Gasteiger partial charge >= 0.3 is 0 Å². The lowest BCUT2D eigenvalue weighted by atomic mass is 9.80. The van der Waals surface area contributed by atoms with Crippen LogP contribution in [0.25, 0.3) is 11.0 Å². The van der Waals surface area contributed by atoms with Gasteiger partial charge in [-0.3, -0.25) is 14.5 Å². The number of hydrogen-bond acceptors (Lipinski definition) is 6. The Morgan fingerprint density at radius 2 is 2.00 bits per heavy atom. The van der Waals surface area contributed by atoms with E-state index in [2.05, 4.69) is 33.6 Å². The van der Waals surface area contributed by atoms with Gasteiger partial charge in [-0.1, -0.05) is 0 Å². The maximum Gasteiger partial charge on any atom is 0.254 e. The van der Waals surface area contributed by atoms with Crippen LogP contribution < -0.4 is 10.9 Å². The topological polar surface area (TPSA) is 92.2 Å². The van der Waals surface area contributed by atoms with Crippen LogP contribution in [-0.2, 0) is 11.3 Å². The van der Waals surface area contributed by atoms with Crippen molar-refractivity contribution in [1.29, 1.82) is 0 Å². The van der Waals surface area contributed by atoms with E-state index >= 15 is 0 Å². The van der Waals surface area contributed by atoms with Crippen LogP contribution in [0.5, 0.6) is 0 Å². The monoisotopic (exact) mass is 551 g/mol. The van der Waals surface area contributed by atoms with Gasteiger partial charge in [0, 0.05) is 71.8 Å². The fourth-order valence-corrected chi connectivity index (χ4v) is 7.31. The highest BCUT2D eigenvalue weighted by molar-refractivity contribution is 7.98. The van der Waals surface area contributed by atoms with Gasteiger partial charge in [0.2, 0.25) is 0 Å². The number of aromatic nitrogens is 3. The molecular weight excluding hydrogens is 510 g/mol. The summed E-state index contributed by atoms with van der Waals surface area (Å²) >= 11 is 1.52. The third-order valence-corrected chi connectivity index (χ3v) is 9.54. The third-order valence-electron chi connectivity index (χ3n) is 8.74. The van der Waals surface area contributed by atoms with Crippen LogP contribution >= 0.6 is 11.8 Å². The normalized spacial score (nSPS) is 21.2. The Bertz CT molecular complexity index is 1390. The van der Waals surface area contributed by atoms with Crippen LogP contribution in [0.3, 0.4) is 0 Å². The van der Waals surface area contributed by atoms with E-state index in [1.807, 2.05) is 38.3 Å². The van der Waals surface area contributed by atoms with Crippen molar-refractivity contribution in [2.75, 3.05) is 26.0 Å². The molecule has 1 amide bonds. The van der Waals surface area contributed by atoms with Gasteiger partial charge in [0.05, 0.1) is 11.7 Å². The van der Waals surface area contributed by atoms with Crippen molar-refractivity contribution in [3.63, 3.8) is 0 Å². The highest BCUT2D eigenvalue weighted by Gasteiger charge is 2.36. The van der Waals surface area contributed by atoms with Gasteiger partial charge in [-0.15, -0.1) is 11.8 Å². The van der Waals surface area contributed by atoms with Crippen LogP contribution in [0.4, 0.5) is 0 Å². The van der Waals surface area contributed by atoms with Gasteiger partial charge in [0.15, 0.2) is 0 Å². The minimum absolute atomic E-state index is 0.156. The molecule has 39 heavy (non-hydrogen) atoms. The van der Waals surface area contributed by atoms with E-state index in [0.29, 0.717) is 29.2 Å². The fourth-order valence-electron chi connectivity index (χ4n) is 6.60. The maximum absolute atomic E-state index is 13.6.